The van der Waals surface area contributed by atoms with Gasteiger partial charge in [0.2, 0.25) is 5.91 Å². The number of carboxylic acids is 1. The molecule has 2 aromatic rings. The minimum Gasteiger partial charge on any atom is -0.481 e. The van der Waals surface area contributed by atoms with Gasteiger partial charge in [0.25, 0.3) is 0 Å². The number of nitrogens with one attached hydrogen (secondary N) is 2. The number of carbonyl (C=O) groups excluding carboxylic acids is 2. The molecule has 3 N–H and O–H groups in total. The smallest absolute Gasteiger partial charge is 0.407 e. The van der Waals surface area contributed by atoms with Gasteiger partial charge in [-0.3, -0.25) is 9.59 Å². The monoisotopic (exact) mass is 476 g/mol. The van der Waals surface area contributed by atoms with E-state index in [-0.39, 0.29) is 42.9 Å². The van der Waals surface area contributed by atoms with Crippen molar-refractivity contribution in [3.63, 3.8) is 0 Å². The van der Waals surface area contributed by atoms with Gasteiger partial charge >= 0.3 is 12.1 Å². The third kappa shape index (κ3) is 5.19. The Bertz CT molecular complexity index is 1070. The van der Waals surface area contributed by atoms with Crippen molar-refractivity contribution in [3.8, 4) is 11.1 Å². The molecule has 0 radical (unpaired) electrons. The average molecular weight is 477 g/mol. The van der Waals surface area contributed by atoms with E-state index in [9.17, 15) is 19.5 Å². The van der Waals surface area contributed by atoms with Crippen molar-refractivity contribution in [1.29, 1.82) is 0 Å². The van der Waals surface area contributed by atoms with Gasteiger partial charge in [0.1, 0.15) is 6.61 Å². The van der Waals surface area contributed by atoms with Crippen LogP contribution in [0, 0.1) is 11.8 Å². The van der Waals surface area contributed by atoms with Crippen LogP contribution in [0.2, 0.25) is 0 Å². The molecule has 3 aliphatic rings. The highest BCUT2D eigenvalue weighted by molar-refractivity contribution is 5.80. The Morgan fingerprint density at radius 3 is 2.17 bits per heavy atom. The molecule has 3 aliphatic carbocycles. The van der Waals surface area contributed by atoms with Gasteiger partial charge in [0.15, 0.2) is 0 Å². The zero-order valence-corrected chi connectivity index (χ0v) is 19.7. The molecule has 0 saturated heterocycles. The van der Waals surface area contributed by atoms with Crippen molar-refractivity contribution in [1.82, 2.24) is 10.6 Å². The van der Waals surface area contributed by atoms with E-state index in [1.165, 1.54) is 11.1 Å². The summed E-state index contributed by atoms with van der Waals surface area (Å²) in [4.78, 5) is 37.0. The minimum atomic E-state index is -0.856. The zero-order chi connectivity index (χ0) is 24.4. The van der Waals surface area contributed by atoms with Crippen molar-refractivity contribution >= 4 is 18.0 Å². The molecule has 7 nitrogen and oxygen atoms in total. The average Bonchev–Trinajstić information content (AvgIpc) is 3.65. The highest BCUT2D eigenvalue weighted by Gasteiger charge is 2.37. The van der Waals surface area contributed by atoms with Crippen LogP contribution in [0.15, 0.2) is 48.5 Å². The summed E-state index contributed by atoms with van der Waals surface area (Å²) >= 11 is 0. The van der Waals surface area contributed by atoms with Crippen LogP contribution in [0.4, 0.5) is 4.79 Å². The van der Waals surface area contributed by atoms with E-state index in [2.05, 4.69) is 34.9 Å². The third-order valence-corrected chi connectivity index (χ3v) is 7.67. The van der Waals surface area contributed by atoms with Crippen LogP contribution in [0.1, 0.15) is 62.0 Å². The van der Waals surface area contributed by atoms with Crippen LogP contribution in [-0.2, 0) is 14.3 Å². The van der Waals surface area contributed by atoms with E-state index < -0.39 is 18.0 Å². The Labute approximate surface area is 205 Å². The fraction of sp³-hybridized carbons (Fsp3) is 0.464. The normalized spacial score (nSPS) is 21.9. The number of aliphatic carboxylic acids is 1. The number of rotatable bonds is 8. The second-order valence-corrected chi connectivity index (χ2v) is 10.0. The summed E-state index contributed by atoms with van der Waals surface area (Å²) in [7, 11) is 0. The molecule has 0 heterocycles. The molecule has 0 aliphatic heterocycles. The lowest BCUT2D eigenvalue weighted by Gasteiger charge is -2.30. The molecule has 0 spiro atoms. The number of carboxylic acid groups (broad SMARTS) is 1. The third-order valence-electron chi connectivity index (χ3n) is 7.67. The summed E-state index contributed by atoms with van der Waals surface area (Å²) < 4.78 is 5.67. The first-order valence-corrected chi connectivity index (χ1v) is 12.6. The number of alkyl carbamates (subject to hydrolysis) is 1. The molecule has 2 fully saturated rings. The molecular weight excluding hydrogens is 444 g/mol. The Morgan fingerprint density at radius 2 is 1.54 bits per heavy atom. The summed E-state index contributed by atoms with van der Waals surface area (Å²) in [6.45, 7) is 0.228. The van der Waals surface area contributed by atoms with Crippen LogP contribution >= 0.6 is 0 Å². The Morgan fingerprint density at radius 1 is 0.914 bits per heavy atom. The van der Waals surface area contributed by atoms with E-state index in [4.69, 9.17) is 4.74 Å². The molecule has 2 saturated carbocycles. The van der Waals surface area contributed by atoms with Crippen LogP contribution in [0.5, 0.6) is 0 Å². The van der Waals surface area contributed by atoms with Crippen molar-refractivity contribution in [2.45, 2.75) is 62.9 Å². The predicted molar refractivity (Wildman–Crippen MR) is 131 cm³/mol. The summed E-state index contributed by atoms with van der Waals surface area (Å²) in [6.07, 6.45) is 4.60. The van der Waals surface area contributed by atoms with Gasteiger partial charge in [0.05, 0.1) is 5.92 Å². The van der Waals surface area contributed by atoms with Gasteiger partial charge in [-0.05, 0) is 53.9 Å². The predicted octanol–water partition coefficient (Wildman–Crippen LogP) is 4.45. The number of hydrogen-bond acceptors (Lipinski definition) is 4. The lowest BCUT2D eigenvalue weighted by molar-refractivity contribution is -0.144. The van der Waals surface area contributed by atoms with E-state index in [0.29, 0.717) is 12.8 Å². The quantitative estimate of drug-likeness (QED) is 0.522. The second kappa shape index (κ2) is 10.1. The second-order valence-electron chi connectivity index (χ2n) is 10.0. The summed E-state index contributed by atoms with van der Waals surface area (Å²) in [5.74, 6) is -1.37. The summed E-state index contributed by atoms with van der Waals surface area (Å²) in [5, 5.41) is 15.3. The number of fused-ring (bicyclic) bond motifs is 3. The molecule has 0 aromatic heterocycles. The molecule has 35 heavy (non-hydrogen) atoms. The first-order chi connectivity index (χ1) is 17.0. The first kappa shape index (κ1) is 23.4. The molecule has 2 amide bonds. The highest BCUT2D eigenvalue weighted by atomic mass is 16.5. The lowest BCUT2D eigenvalue weighted by Crippen LogP contribution is -2.47. The standard InChI is InChI=1S/C28H32N2O5/c31-26(29-24-12-6-5-11-22(24)27(32)33)15-25(17-13-14-17)30-28(34)35-16-23-20-9-3-1-7-18(20)19-8-2-4-10-21(19)23/h1-4,7-10,17,22-25H,5-6,11-16H2,(H,29,31)(H,30,34)(H,32,33). The molecule has 0 bridgehead atoms. The molecule has 3 atom stereocenters. The summed E-state index contributed by atoms with van der Waals surface area (Å²) in [6, 6.07) is 15.7. The SMILES string of the molecule is O=C(CC(NC(=O)OCC1c2ccccc2-c2ccccc21)C1CC1)NC1CCCCC1C(=O)O. The van der Waals surface area contributed by atoms with Crippen LogP contribution < -0.4 is 10.6 Å². The van der Waals surface area contributed by atoms with Crippen LogP contribution in [0.3, 0.4) is 0 Å². The zero-order valence-electron chi connectivity index (χ0n) is 19.7. The highest BCUT2D eigenvalue weighted by Crippen LogP contribution is 2.44. The van der Waals surface area contributed by atoms with Gasteiger partial charge in [-0.25, -0.2) is 4.79 Å². The summed E-state index contributed by atoms with van der Waals surface area (Å²) in [5.41, 5.74) is 4.65. The Kier molecular flexibility index (Phi) is 6.75. The van der Waals surface area contributed by atoms with E-state index in [1.807, 2.05) is 24.3 Å². The van der Waals surface area contributed by atoms with E-state index >= 15 is 0 Å². The largest absolute Gasteiger partial charge is 0.481 e. The topological polar surface area (TPSA) is 105 Å². The Hall–Kier alpha value is -3.35. The number of carbonyl (C=O) groups is 3. The van der Waals surface area contributed by atoms with Crippen molar-refractivity contribution in [3.05, 3.63) is 59.7 Å². The first-order valence-electron chi connectivity index (χ1n) is 12.6. The number of benzene rings is 2. The van der Waals surface area contributed by atoms with Crippen LogP contribution in [0.25, 0.3) is 11.1 Å². The molecule has 184 valence electrons. The van der Waals surface area contributed by atoms with Gasteiger partial charge in [0, 0.05) is 24.4 Å². The molecular formula is C28H32N2O5. The van der Waals surface area contributed by atoms with Gasteiger partial charge in [-0.15, -0.1) is 0 Å². The number of ether oxygens (including phenoxy) is 1. The van der Waals surface area contributed by atoms with E-state index in [0.717, 1.165) is 36.8 Å². The van der Waals surface area contributed by atoms with Gasteiger partial charge < -0.3 is 20.5 Å². The molecule has 2 aromatic carbocycles. The fourth-order valence-electron chi connectivity index (χ4n) is 5.69. The maximum atomic E-state index is 12.7. The molecule has 7 heteroatoms. The maximum absolute atomic E-state index is 12.7. The van der Waals surface area contributed by atoms with Crippen molar-refractivity contribution in [2.24, 2.45) is 11.8 Å². The molecule has 5 rings (SSSR count). The van der Waals surface area contributed by atoms with Crippen LogP contribution in [-0.4, -0.2) is 41.8 Å². The van der Waals surface area contributed by atoms with Crippen molar-refractivity contribution in [2.75, 3.05) is 6.61 Å². The Balaban J connectivity index is 1.17. The molecule has 3 unspecified atom stereocenters. The van der Waals surface area contributed by atoms with E-state index in [1.54, 1.807) is 0 Å². The number of amides is 2. The fourth-order valence-corrected chi connectivity index (χ4v) is 5.69. The van der Waals surface area contributed by atoms with Crippen molar-refractivity contribution < 1.29 is 24.2 Å². The van der Waals surface area contributed by atoms with Gasteiger partial charge in [-0.1, -0.05) is 61.4 Å². The number of hydrogen-bond donors (Lipinski definition) is 3. The minimum absolute atomic E-state index is 0.0184. The maximum Gasteiger partial charge on any atom is 0.407 e. The van der Waals surface area contributed by atoms with Gasteiger partial charge in [-0.2, -0.15) is 0 Å². The lowest BCUT2D eigenvalue weighted by atomic mass is 9.84.